The van der Waals surface area contributed by atoms with Crippen LogP contribution in [0.4, 0.5) is 8.78 Å². The summed E-state index contributed by atoms with van der Waals surface area (Å²) >= 11 is 0. The molecule has 3 nitrogen and oxygen atoms in total. The minimum absolute atomic E-state index is 0.109. The van der Waals surface area contributed by atoms with Crippen molar-refractivity contribution in [3.05, 3.63) is 35.4 Å². The van der Waals surface area contributed by atoms with Crippen molar-refractivity contribution in [2.24, 2.45) is 5.73 Å². The van der Waals surface area contributed by atoms with Crippen LogP contribution in [0.3, 0.4) is 0 Å². The SMILES string of the molecule is NCc1ccc(CC(=O)NCC(F)F)cc1. The van der Waals surface area contributed by atoms with Crippen LogP contribution in [0, 0.1) is 0 Å². The first-order valence-electron chi connectivity index (χ1n) is 4.94. The van der Waals surface area contributed by atoms with Crippen molar-refractivity contribution in [2.75, 3.05) is 6.54 Å². The van der Waals surface area contributed by atoms with Crippen molar-refractivity contribution in [1.82, 2.24) is 5.32 Å². The topological polar surface area (TPSA) is 55.1 Å². The highest BCUT2D eigenvalue weighted by molar-refractivity contribution is 5.78. The monoisotopic (exact) mass is 228 g/mol. The second-order valence-electron chi connectivity index (χ2n) is 3.39. The Hall–Kier alpha value is -1.49. The third-order valence-electron chi connectivity index (χ3n) is 2.08. The predicted octanol–water partition coefficient (Wildman–Crippen LogP) is 1.07. The second kappa shape index (κ2) is 6.17. The van der Waals surface area contributed by atoms with Crippen LogP contribution < -0.4 is 11.1 Å². The number of carbonyl (C=O) groups excluding carboxylic acids is 1. The standard InChI is InChI=1S/C11H14F2N2O/c12-10(13)7-15-11(16)5-8-1-3-9(6-14)4-2-8/h1-4,10H,5-7,14H2,(H,15,16). The zero-order chi connectivity index (χ0) is 12.0. The summed E-state index contributed by atoms with van der Waals surface area (Å²) in [6.45, 7) is -0.155. The average molecular weight is 228 g/mol. The molecule has 0 unspecified atom stereocenters. The molecule has 1 amide bonds. The Kier molecular flexibility index (Phi) is 4.85. The van der Waals surface area contributed by atoms with E-state index in [1.165, 1.54) is 0 Å². The number of alkyl halides is 2. The molecule has 0 aliphatic heterocycles. The first-order chi connectivity index (χ1) is 7.61. The summed E-state index contributed by atoms with van der Waals surface area (Å²) in [5.74, 6) is -0.402. The lowest BCUT2D eigenvalue weighted by atomic mass is 10.1. The highest BCUT2D eigenvalue weighted by Crippen LogP contribution is 2.04. The van der Waals surface area contributed by atoms with Gasteiger partial charge in [-0.25, -0.2) is 8.78 Å². The van der Waals surface area contributed by atoms with Gasteiger partial charge in [0.05, 0.1) is 13.0 Å². The van der Waals surface area contributed by atoms with E-state index in [0.717, 1.165) is 11.1 Å². The van der Waals surface area contributed by atoms with E-state index in [4.69, 9.17) is 5.73 Å². The number of amides is 1. The van der Waals surface area contributed by atoms with Crippen molar-refractivity contribution in [3.63, 3.8) is 0 Å². The van der Waals surface area contributed by atoms with Crippen molar-refractivity contribution < 1.29 is 13.6 Å². The number of carbonyl (C=O) groups is 1. The third kappa shape index (κ3) is 4.35. The molecule has 0 spiro atoms. The molecule has 0 bridgehead atoms. The van der Waals surface area contributed by atoms with Gasteiger partial charge in [0, 0.05) is 6.54 Å². The molecule has 5 heteroatoms. The van der Waals surface area contributed by atoms with Crippen LogP contribution >= 0.6 is 0 Å². The van der Waals surface area contributed by atoms with Gasteiger partial charge in [0.1, 0.15) is 0 Å². The highest BCUT2D eigenvalue weighted by Gasteiger charge is 2.06. The lowest BCUT2D eigenvalue weighted by Crippen LogP contribution is -2.29. The Morgan fingerprint density at radius 2 is 1.81 bits per heavy atom. The summed E-state index contributed by atoms with van der Waals surface area (Å²) in [7, 11) is 0. The fourth-order valence-corrected chi connectivity index (χ4v) is 1.23. The van der Waals surface area contributed by atoms with E-state index in [-0.39, 0.29) is 6.42 Å². The second-order valence-corrected chi connectivity index (χ2v) is 3.39. The summed E-state index contributed by atoms with van der Waals surface area (Å²) in [4.78, 5) is 11.2. The van der Waals surface area contributed by atoms with Crippen LogP contribution in [0.15, 0.2) is 24.3 Å². The maximum atomic E-state index is 11.8. The fraction of sp³-hybridized carbons (Fsp3) is 0.364. The minimum Gasteiger partial charge on any atom is -0.350 e. The summed E-state index contributed by atoms with van der Waals surface area (Å²) in [5.41, 5.74) is 7.17. The van der Waals surface area contributed by atoms with Crippen LogP contribution in [0.5, 0.6) is 0 Å². The molecule has 1 aromatic carbocycles. The highest BCUT2D eigenvalue weighted by atomic mass is 19.3. The molecule has 0 heterocycles. The number of hydrogen-bond acceptors (Lipinski definition) is 2. The maximum absolute atomic E-state index is 11.8. The minimum atomic E-state index is -2.51. The summed E-state index contributed by atoms with van der Waals surface area (Å²) in [6, 6.07) is 7.17. The van der Waals surface area contributed by atoms with E-state index in [1.54, 1.807) is 12.1 Å². The number of nitrogens with two attached hydrogens (primary N) is 1. The van der Waals surface area contributed by atoms with Gasteiger partial charge in [0.25, 0.3) is 6.43 Å². The van der Waals surface area contributed by atoms with Crippen molar-refractivity contribution in [3.8, 4) is 0 Å². The summed E-state index contributed by atoms with van der Waals surface area (Å²) in [6.07, 6.45) is -2.40. The smallest absolute Gasteiger partial charge is 0.255 e. The predicted molar refractivity (Wildman–Crippen MR) is 57.1 cm³/mol. The lowest BCUT2D eigenvalue weighted by Gasteiger charge is -2.05. The zero-order valence-electron chi connectivity index (χ0n) is 8.75. The van der Waals surface area contributed by atoms with Gasteiger partial charge in [0.15, 0.2) is 0 Å². The van der Waals surface area contributed by atoms with Gasteiger partial charge in [0.2, 0.25) is 5.91 Å². The average Bonchev–Trinajstić information content (AvgIpc) is 2.27. The van der Waals surface area contributed by atoms with E-state index in [2.05, 4.69) is 5.32 Å². The fourth-order valence-electron chi connectivity index (χ4n) is 1.23. The molecule has 0 radical (unpaired) electrons. The van der Waals surface area contributed by atoms with Crippen molar-refractivity contribution >= 4 is 5.91 Å². The number of rotatable bonds is 5. The van der Waals surface area contributed by atoms with Gasteiger partial charge in [-0.3, -0.25) is 4.79 Å². The summed E-state index contributed by atoms with van der Waals surface area (Å²) in [5, 5.41) is 2.15. The van der Waals surface area contributed by atoms with Crippen molar-refractivity contribution in [1.29, 1.82) is 0 Å². The molecule has 0 aromatic heterocycles. The largest absolute Gasteiger partial charge is 0.350 e. The molecule has 0 aliphatic carbocycles. The molecule has 0 saturated heterocycles. The molecule has 0 aliphatic rings. The third-order valence-corrected chi connectivity index (χ3v) is 2.08. The molecule has 16 heavy (non-hydrogen) atoms. The Bertz CT molecular complexity index is 338. The zero-order valence-corrected chi connectivity index (χ0v) is 8.75. The van der Waals surface area contributed by atoms with E-state index in [9.17, 15) is 13.6 Å². The van der Waals surface area contributed by atoms with Gasteiger partial charge in [-0.2, -0.15) is 0 Å². The molecule has 88 valence electrons. The lowest BCUT2D eigenvalue weighted by molar-refractivity contribution is -0.121. The first-order valence-corrected chi connectivity index (χ1v) is 4.94. The van der Waals surface area contributed by atoms with Crippen LogP contribution in [0.1, 0.15) is 11.1 Å². The van der Waals surface area contributed by atoms with Crippen LogP contribution in [0.25, 0.3) is 0 Å². The number of benzene rings is 1. The maximum Gasteiger partial charge on any atom is 0.255 e. The van der Waals surface area contributed by atoms with Gasteiger partial charge in [-0.1, -0.05) is 24.3 Å². The molecule has 1 rings (SSSR count). The normalized spacial score (nSPS) is 10.5. The Morgan fingerprint density at radius 1 is 1.25 bits per heavy atom. The number of nitrogens with one attached hydrogen (secondary N) is 1. The number of halogens is 2. The molecule has 0 fully saturated rings. The van der Waals surface area contributed by atoms with E-state index in [1.807, 2.05) is 12.1 Å². The molecule has 1 aromatic rings. The van der Waals surface area contributed by atoms with E-state index in [0.29, 0.717) is 6.54 Å². The van der Waals surface area contributed by atoms with Gasteiger partial charge in [-0.05, 0) is 11.1 Å². The van der Waals surface area contributed by atoms with E-state index < -0.39 is 18.9 Å². The van der Waals surface area contributed by atoms with Crippen LogP contribution in [0.2, 0.25) is 0 Å². The first kappa shape index (κ1) is 12.6. The molecule has 0 atom stereocenters. The summed E-state index contributed by atoms with van der Waals surface area (Å²) < 4.78 is 23.6. The molecular weight excluding hydrogens is 214 g/mol. The number of hydrogen-bond donors (Lipinski definition) is 2. The van der Waals surface area contributed by atoms with Gasteiger partial charge in [-0.15, -0.1) is 0 Å². The van der Waals surface area contributed by atoms with Gasteiger partial charge >= 0.3 is 0 Å². The molecule has 3 N–H and O–H groups in total. The Labute approximate surface area is 92.6 Å². The Morgan fingerprint density at radius 3 is 2.31 bits per heavy atom. The molecule has 0 saturated carbocycles. The molecular formula is C11H14F2N2O. The van der Waals surface area contributed by atoms with Crippen molar-refractivity contribution in [2.45, 2.75) is 19.4 Å². The van der Waals surface area contributed by atoms with Crippen LogP contribution in [-0.4, -0.2) is 18.9 Å². The van der Waals surface area contributed by atoms with E-state index >= 15 is 0 Å². The van der Waals surface area contributed by atoms with Gasteiger partial charge < -0.3 is 11.1 Å². The van der Waals surface area contributed by atoms with Crippen LogP contribution in [-0.2, 0) is 17.8 Å². The quantitative estimate of drug-likeness (QED) is 0.792. The Balaban J connectivity index is 2.43.